The van der Waals surface area contributed by atoms with Gasteiger partial charge in [-0.15, -0.1) is 0 Å². The topological polar surface area (TPSA) is 53.1 Å². The molecule has 0 radical (unpaired) electrons. The van der Waals surface area contributed by atoms with E-state index in [1.54, 1.807) is 29.2 Å². The van der Waals surface area contributed by atoms with Crippen LogP contribution in [0.4, 0.5) is 4.79 Å². The van der Waals surface area contributed by atoms with Gasteiger partial charge in [-0.05, 0) is 18.2 Å². The molecule has 0 saturated carbocycles. The first-order chi connectivity index (χ1) is 11.1. The van der Waals surface area contributed by atoms with E-state index in [1.165, 1.54) is 0 Å². The van der Waals surface area contributed by atoms with Crippen molar-refractivity contribution in [3.63, 3.8) is 0 Å². The van der Waals surface area contributed by atoms with Gasteiger partial charge in [-0.25, -0.2) is 4.79 Å². The van der Waals surface area contributed by atoms with E-state index < -0.39 is 0 Å². The van der Waals surface area contributed by atoms with Crippen LogP contribution in [0, 0.1) is 0 Å². The predicted molar refractivity (Wildman–Crippen MR) is 86.7 cm³/mol. The van der Waals surface area contributed by atoms with Crippen molar-refractivity contribution >= 4 is 23.5 Å². The van der Waals surface area contributed by atoms with Crippen LogP contribution in [-0.2, 0) is 4.74 Å². The molecule has 2 aliphatic rings. The smallest absolute Gasteiger partial charge is 0.320 e. The summed E-state index contributed by atoms with van der Waals surface area (Å²) in [6.07, 6.45) is 0. The van der Waals surface area contributed by atoms with Crippen LogP contribution in [0.15, 0.2) is 24.3 Å². The van der Waals surface area contributed by atoms with E-state index in [-0.39, 0.29) is 11.9 Å². The lowest BCUT2D eigenvalue weighted by atomic mass is 10.2. The SMILES string of the molecule is O=C(c1cccc(Cl)c1)N1CCN(C(=O)N2CCOCC2)CC1. The summed E-state index contributed by atoms with van der Waals surface area (Å²) in [5.41, 5.74) is 0.588. The first kappa shape index (κ1) is 16.1. The molecule has 3 rings (SSSR count). The molecule has 2 saturated heterocycles. The molecule has 7 heteroatoms. The van der Waals surface area contributed by atoms with Gasteiger partial charge in [0.05, 0.1) is 13.2 Å². The fraction of sp³-hybridized carbons (Fsp3) is 0.500. The van der Waals surface area contributed by atoms with Crippen LogP contribution in [0.3, 0.4) is 0 Å². The number of carbonyl (C=O) groups is 2. The number of rotatable bonds is 1. The van der Waals surface area contributed by atoms with E-state index in [4.69, 9.17) is 16.3 Å². The largest absolute Gasteiger partial charge is 0.378 e. The lowest BCUT2D eigenvalue weighted by Gasteiger charge is -2.38. The van der Waals surface area contributed by atoms with E-state index in [2.05, 4.69) is 0 Å². The van der Waals surface area contributed by atoms with E-state index in [0.29, 0.717) is 63.1 Å². The molecule has 1 aromatic rings. The molecule has 0 aromatic heterocycles. The molecule has 124 valence electrons. The highest BCUT2D eigenvalue weighted by molar-refractivity contribution is 6.30. The Morgan fingerprint density at radius 3 is 2.17 bits per heavy atom. The molecule has 2 aliphatic heterocycles. The van der Waals surface area contributed by atoms with Crippen molar-refractivity contribution in [1.29, 1.82) is 0 Å². The van der Waals surface area contributed by atoms with E-state index in [9.17, 15) is 9.59 Å². The number of halogens is 1. The number of amides is 3. The van der Waals surface area contributed by atoms with Crippen LogP contribution in [0.2, 0.25) is 5.02 Å². The molecular formula is C16H20ClN3O3. The Morgan fingerprint density at radius 2 is 1.52 bits per heavy atom. The molecular weight excluding hydrogens is 318 g/mol. The Kier molecular flexibility index (Phi) is 5.03. The Balaban J connectivity index is 1.55. The van der Waals surface area contributed by atoms with Gasteiger partial charge in [0.25, 0.3) is 5.91 Å². The number of hydrogen-bond donors (Lipinski definition) is 0. The van der Waals surface area contributed by atoms with Crippen LogP contribution in [0.1, 0.15) is 10.4 Å². The minimum absolute atomic E-state index is 0.0361. The van der Waals surface area contributed by atoms with Crippen molar-refractivity contribution in [2.24, 2.45) is 0 Å². The summed E-state index contributed by atoms with van der Waals surface area (Å²) in [6.45, 7) is 4.67. The number of piperazine rings is 1. The fourth-order valence-corrected chi connectivity index (χ4v) is 3.05. The monoisotopic (exact) mass is 337 g/mol. The maximum atomic E-state index is 12.5. The fourth-order valence-electron chi connectivity index (χ4n) is 2.86. The Morgan fingerprint density at radius 1 is 0.913 bits per heavy atom. The summed E-state index contributed by atoms with van der Waals surface area (Å²) in [5, 5.41) is 0.553. The summed E-state index contributed by atoms with van der Waals surface area (Å²) in [6, 6.07) is 7.00. The van der Waals surface area contributed by atoms with E-state index >= 15 is 0 Å². The molecule has 0 bridgehead atoms. The van der Waals surface area contributed by atoms with E-state index in [0.717, 1.165) is 0 Å². The molecule has 0 N–H and O–H groups in total. The first-order valence-electron chi connectivity index (χ1n) is 7.81. The van der Waals surface area contributed by atoms with Gasteiger partial charge in [0.15, 0.2) is 0 Å². The molecule has 23 heavy (non-hydrogen) atoms. The lowest BCUT2D eigenvalue weighted by molar-refractivity contribution is 0.0362. The molecule has 2 heterocycles. The van der Waals surface area contributed by atoms with Gasteiger partial charge in [-0.2, -0.15) is 0 Å². The average molecular weight is 338 g/mol. The van der Waals surface area contributed by atoms with Crippen molar-refractivity contribution in [2.45, 2.75) is 0 Å². The van der Waals surface area contributed by atoms with Crippen molar-refractivity contribution in [3.05, 3.63) is 34.9 Å². The van der Waals surface area contributed by atoms with Gasteiger partial charge >= 0.3 is 6.03 Å². The molecule has 1 aromatic carbocycles. The Bertz CT molecular complexity index is 582. The highest BCUT2D eigenvalue weighted by atomic mass is 35.5. The Hall–Kier alpha value is -1.79. The standard InChI is InChI=1S/C16H20ClN3O3/c17-14-3-1-2-13(12-14)15(21)18-4-6-19(7-5-18)16(22)20-8-10-23-11-9-20/h1-3,12H,4-11H2. The van der Waals surface area contributed by atoms with E-state index in [1.807, 2.05) is 9.80 Å². The zero-order valence-electron chi connectivity index (χ0n) is 12.9. The average Bonchev–Trinajstić information content (AvgIpc) is 2.61. The lowest BCUT2D eigenvalue weighted by Crippen LogP contribution is -2.55. The Labute approximate surface area is 140 Å². The van der Waals surface area contributed by atoms with Crippen LogP contribution in [0.5, 0.6) is 0 Å². The van der Waals surface area contributed by atoms with Crippen molar-refractivity contribution < 1.29 is 14.3 Å². The number of morpholine rings is 1. The molecule has 0 spiro atoms. The van der Waals surface area contributed by atoms with Gasteiger partial charge in [0, 0.05) is 49.9 Å². The second kappa shape index (κ2) is 7.19. The number of nitrogens with zero attached hydrogens (tertiary/aromatic N) is 3. The molecule has 6 nitrogen and oxygen atoms in total. The molecule has 2 fully saturated rings. The van der Waals surface area contributed by atoms with Gasteiger partial charge in [-0.3, -0.25) is 4.79 Å². The third-order valence-corrected chi connectivity index (χ3v) is 4.43. The summed E-state index contributed by atoms with van der Waals surface area (Å²) in [7, 11) is 0. The molecule has 0 unspecified atom stereocenters. The van der Waals surface area contributed by atoms with Gasteiger partial charge in [-0.1, -0.05) is 17.7 Å². The normalized spacial score (nSPS) is 18.9. The second-order valence-corrected chi connectivity index (χ2v) is 6.11. The predicted octanol–water partition coefficient (Wildman–Crippen LogP) is 1.55. The third kappa shape index (κ3) is 3.76. The zero-order chi connectivity index (χ0) is 16.2. The van der Waals surface area contributed by atoms with Gasteiger partial charge in [0.1, 0.15) is 0 Å². The molecule has 0 aliphatic carbocycles. The minimum Gasteiger partial charge on any atom is -0.378 e. The summed E-state index contributed by atoms with van der Waals surface area (Å²) < 4.78 is 5.27. The van der Waals surface area contributed by atoms with Crippen LogP contribution in [-0.4, -0.2) is 79.1 Å². The zero-order valence-corrected chi connectivity index (χ0v) is 13.7. The highest BCUT2D eigenvalue weighted by Gasteiger charge is 2.28. The van der Waals surface area contributed by atoms with Crippen LogP contribution >= 0.6 is 11.6 Å². The number of carbonyl (C=O) groups excluding carboxylic acids is 2. The second-order valence-electron chi connectivity index (χ2n) is 5.67. The minimum atomic E-state index is -0.0361. The maximum Gasteiger partial charge on any atom is 0.320 e. The summed E-state index contributed by atoms with van der Waals surface area (Å²) in [4.78, 5) is 30.3. The van der Waals surface area contributed by atoms with Crippen molar-refractivity contribution in [1.82, 2.24) is 14.7 Å². The van der Waals surface area contributed by atoms with Crippen LogP contribution in [0.25, 0.3) is 0 Å². The molecule has 3 amide bonds. The van der Waals surface area contributed by atoms with Crippen molar-refractivity contribution in [3.8, 4) is 0 Å². The number of hydrogen-bond acceptors (Lipinski definition) is 3. The number of benzene rings is 1. The third-order valence-electron chi connectivity index (χ3n) is 4.19. The number of ether oxygens (including phenoxy) is 1. The molecule has 0 atom stereocenters. The van der Waals surface area contributed by atoms with Gasteiger partial charge in [0.2, 0.25) is 0 Å². The van der Waals surface area contributed by atoms with Crippen LogP contribution < -0.4 is 0 Å². The number of urea groups is 1. The maximum absolute atomic E-state index is 12.5. The summed E-state index contributed by atoms with van der Waals surface area (Å²) >= 11 is 5.94. The van der Waals surface area contributed by atoms with Crippen molar-refractivity contribution in [2.75, 3.05) is 52.5 Å². The quantitative estimate of drug-likeness (QED) is 0.781. The van der Waals surface area contributed by atoms with Gasteiger partial charge < -0.3 is 19.4 Å². The summed E-state index contributed by atoms with van der Waals surface area (Å²) in [5.74, 6) is -0.0361. The first-order valence-corrected chi connectivity index (χ1v) is 8.19. The highest BCUT2D eigenvalue weighted by Crippen LogP contribution is 2.15.